The van der Waals surface area contributed by atoms with Gasteiger partial charge in [-0.2, -0.15) is 0 Å². The van der Waals surface area contributed by atoms with E-state index in [1.54, 1.807) is 0 Å². The van der Waals surface area contributed by atoms with Crippen molar-refractivity contribution in [1.82, 2.24) is 0 Å². The first-order valence-corrected chi connectivity index (χ1v) is 20.1. The van der Waals surface area contributed by atoms with Gasteiger partial charge in [0.05, 0.1) is 0 Å². The minimum Gasteiger partial charge on any atom is -0.135 e. The number of hydrogen-bond acceptors (Lipinski definition) is 2. The zero-order valence-electron chi connectivity index (χ0n) is 29.1. The molecule has 0 N–H and O–H groups in total. The van der Waals surface area contributed by atoms with Crippen LogP contribution in [-0.2, 0) is 0 Å². The molecule has 10 aromatic carbocycles. The van der Waals surface area contributed by atoms with E-state index in [4.69, 9.17) is 0 Å². The third-order valence-electron chi connectivity index (χ3n) is 11.4. The van der Waals surface area contributed by atoms with Crippen LogP contribution in [-0.4, -0.2) is 0 Å². The van der Waals surface area contributed by atoms with E-state index >= 15 is 0 Å². The quantitative estimate of drug-likeness (QED) is 0.160. The Kier molecular flexibility index (Phi) is 6.48. The van der Waals surface area contributed by atoms with E-state index in [-0.39, 0.29) is 0 Å². The van der Waals surface area contributed by atoms with Crippen molar-refractivity contribution in [2.24, 2.45) is 0 Å². The van der Waals surface area contributed by atoms with Crippen LogP contribution >= 0.6 is 22.7 Å². The third kappa shape index (κ3) is 4.36. The molecule has 2 aromatic heterocycles. The van der Waals surface area contributed by atoms with E-state index in [9.17, 15) is 0 Å². The predicted octanol–water partition coefficient (Wildman–Crippen LogP) is 16.0. The summed E-state index contributed by atoms with van der Waals surface area (Å²) in [6.45, 7) is 0. The Morgan fingerprint density at radius 2 is 0.778 bits per heavy atom. The SMILES string of the molecule is c1cc(-c2c3ccccc3c(-c3ccc4ccccc4c3)c3ccccc23)cc(-c2c3ccccc3cc3c2sc2ccc4sc5ccccc5c4c23)c1. The Morgan fingerprint density at radius 1 is 0.259 bits per heavy atom. The molecular weight excluding hydrogens is 689 g/mol. The van der Waals surface area contributed by atoms with Gasteiger partial charge < -0.3 is 0 Å². The fraction of sp³-hybridized carbons (Fsp3) is 0. The summed E-state index contributed by atoms with van der Waals surface area (Å²) in [5, 5.41) is 15.7. The number of fused-ring (bicyclic) bond motifs is 11. The van der Waals surface area contributed by atoms with Crippen molar-refractivity contribution >= 4 is 106 Å². The highest BCUT2D eigenvalue weighted by atomic mass is 32.1. The normalized spacial score (nSPS) is 12.1. The lowest BCUT2D eigenvalue weighted by molar-refractivity contribution is 1.65. The summed E-state index contributed by atoms with van der Waals surface area (Å²) in [4.78, 5) is 0. The lowest BCUT2D eigenvalue weighted by Crippen LogP contribution is -1.91. The maximum absolute atomic E-state index is 2.45. The van der Waals surface area contributed by atoms with Crippen molar-refractivity contribution in [3.63, 3.8) is 0 Å². The smallest absolute Gasteiger partial charge is 0.0440 e. The van der Waals surface area contributed by atoms with Crippen LogP contribution in [0.4, 0.5) is 0 Å². The van der Waals surface area contributed by atoms with Crippen LogP contribution in [0, 0.1) is 0 Å². The van der Waals surface area contributed by atoms with Crippen LogP contribution < -0.4 is 0 Å². The first-order valence-electron chi connectivity index (χ1n) is 18.5. The maximum Gasteiger partial charge on any atom is 0.0440 e. The summed E-state index contributed by atoms with van der Waals surface area (Å²) >= 11 is 3.83. The molecular formula is C52H30S2. The Hall–Kier alpha value is -6.32. The molecule has 0 radical (unpaired) electrons. The van der Waals surface area contributed by atoms with Gasteiger partial charge in [-0.3, -0.25) is 0 Å². The predicted molar refractivity (Wildman–Crippen MR) is 239 cm³/mol. The highest BCUT2D eigenvalue weighted by Crippen LogP contribution is 2.50. The number of benzene rings is 10. The molecule has 0 aliphatic heterocycles. The Morgan fingerprint density at radius 3 is 1.48 bits per heavy atom. The van der Waals surface area contributed by atoms with Crippen LogP contribution in [0.3, 0.4) is 0 Å². The van der Waals surface area contributed by atoms with E-state index in [1.807, 2.05) is 22.7 Å². The molecule has 2 heteroatoms. The lowest BCUT2D eigenvalue weighted by atomic mass is 9.85. The standard InChI is InChI=1S/C52H30S2/c1-2-13-32-28-36(25-24-31(32)12-1)48-40-20-7-5-18-38(40)47(39-19-6-8-21-41(39)48)34-15-11-16-35(29-34)49-37-17-4-3-14-33(37)30-43-51-46(54-52(43)49)27-26-45-50(51)42-22-9-10-23-44(42)53-45/h1-30H. The molecule has 0 amide bonds. The molecule has 0 bridgehead atoms. The summed E-state index contributed by atoms with van der Waals surface area (Å²) in [7, 11) is 0. The summed E-state index contributed by atoms with van der Waals surface area (Å²) in [5.74, 6) is 0. The highest BCUT2D eigenvalue weighted by Gasteiger charge is 2.21. The minimum atomic E-state index is 1.23. The molecule has 2 heterocycles. The molecule has 0 spiro atoms. The molecule has 0 fully saturated rings. The first kappa shape index (κ1) is 30.2. The van der Waals surface area contributed by atoms with Crippen LogP contribution in [0.1, 0.15) is 0 Å². The Balaban J connectivity index is 1.14. The molecule has 12 rings (SSSR count). The van der Waals surface area contributed by atoms with Crippen LogP contribution in [0.2, 0.25) is 0 Å². The lowest BCUT2D eigenvalue weighted by Gasteiger charge is -2.19. The van der Waals surface area contributed by atoms with Gasteiger partial charge in [-0.25, -0.2) is 0 Å². The van der Waals surface area contributed by atoms with Crippen molar-refractivity contribution in [3.8, 4) is 33.4 Å². The summed E-state index contributed by atoms with van der Waals surface area (Å²) in [6.07, 6.45) is 0. The van der Waals surface area contributed by atoms with E-state index in [0.29, 0.717) is 0 Å². The van der Waals surface area contributed by atoms with Gasteiger partial charge in [-0.1, -0.05) is 146 Å². The molecule has 0 aliphatic carbocycles. The third-order valence-corrected chi connectivity index (χ3v) is 13.7. The van der Waals surface area contributed by atoms with Crippen molar-refractivity contribution in [2.45, 2.75) is 0 Å². The van der Waals surface area contributed by atoms with Crippen molar-refractivity contribution < 1.29 is 0 Å². The highest BCUT2D eigenvalue weighted by molar-refractivity contribution is 7.28. The van der Waals surface area contributed by atoms with Gasteiger partial charge in [0.2, 0.25) is 0 Å². The topological polar surface area (TPSA) is 0 Å². The van der Waals surface area contributed by atoms with E-state index in [2.05, 4.69) is 182 Å². The molecule has 0 aliphatic rings. The zero-order valence-corrected chi connectivity index (χ0v) is 30.8. The van der Waals surface area contributed by atoms with Crippen LogP contribution in [0.25, 0.3) is 117 Å². The fourth-order valence-electron chi connectivity index (χ4n) is 9.09. The zero-order chi connectivity index (χ0) is 35.3. The van der Waals surface area contributed by atoms with Gasteiger partial charge in [0.15, 0.2) is 0 Å². The molecule has 0 unspecified atom stereocenters. The summed E-state index contributed by atoms with van der Waals surface area (Å²) in [5.41, 5.74) is 7.63. The molecule has 0 nitrogen and oxygen atoms in total. The molecule has 54 heavy (non-hydrogen) atoms. The largest absolute Gasteiger partial charge is 0.135 e. The Bertz CT molecular complexity index is 3450. The Labute approximate surface area is 319 Å². The van der Waals surface area contributed by atoms with E-state index in [0.717, 1.165) is 0 Å². The maximum atomic E-state index is 2.45. The van der Waals surface area contributed by atoms with Gasteiger partial charge >= 0.3 is 0 Å². The molecule has 12 aromatic rings. The second-order valence-corrected chi connectivity index (χ2v) is 16.5. The molecule has 0 atom stereocenters. The van der Waals surface area contributed by atoms with Crippen LogP contribution in [0.15, 0.2) is 182 Å². The molecule has 0 saturated carbocycles. The summed E-state index contributed by atoms with van der Waals surface area (Å²) in [6, 6.07) is 67.8. The number of hydrogen-bond donors (Lipinski definition) is 0. The van der Waals surface area contributed by atoms with Gasteiger partial charge in [0.1, 0.15) is 0 Å². The second kappa shape index (κ2) is 11.6. The molecule has 250 valence electrons. The monoisotopic (exact) mass is 718 g/mol. The average Bonchev–Trinajstić information content (AvgIpc) is 3.79. The number of thiophene rings is 2. The van der Waals surface area contributed by atoms with Gasteiger partial charge in [-0.15, -0.1) is 22.7 Å². The number of rotatable bonds is 3. The fourth-order valence-corrected chi connectivity index (χ4v) is 11.5. The van der Waals surface area contributed by atoms with Crippen LogP contribution in [0.5, 0.6) is 0 Å². The average molecular weight is 719 g/mol. The second-order valence-electron chi connectivity index (χ2n) is 14.3. The van der Waals surface area contributed by atoms with Crippen molar-refractivity contribution in [1.29, 1.82) is 0 Å². The van der Waals surface area contributed by atoms with Crippen molar-refractivity contribution in [3.05, 3.63) is 182 Å². The van der Waals surface area contributed by atoms with E-state index < -0.39 is 0 Å². The van der Waals surface area contributed by atoms with Gasteiger partial charge in [0.25, 0.3) is 0 Å². The van der Waals surface area contributed by atoms with Gasteiger partial charge in [0, 0.05) is 45.9 Å². The van der Waals surface area contributed by atoms with Gasteiger partial charge in [-0.05, 0) is 107 Å². The first-order chi connectivity index (χ1) is 26.8. The summed E-state index contributed by atoms with van der Waals surface area (Å²) < 4.78 is 5.39. The molecule has 0 saturated heterocycles. The minimum absolute atomic E-state index is 1.23. The van der Waals surface area contributed by atoms with E-state index in [1.165, 1.54) is 117 Å². The van der Waals surface area contributed by atoms with Crippen molar-refractivity contribution in [2.75, 3.05) is 0 Å².